The number of pyridine rings is 1. The van der Waals surface area contributed by atoms with Gasteiger partial charge in [0, 0.05) is 17.8 Å². The summed E-state index contributed by atoms with van der Waals surface area (Å²) in [6.45, 7) is 0. The predicted molar refractivity (Wildman–Crippen MR) is 80.9 cm³/mol. The minimum absolute atomic E-state index is 0.470. The first kappa shape index (κ1) is 12.9. The summed E-state index contributed by atoms with van der Waals surface area (Å²) >= 11 is 0. The summed E-state index contributed by atoms with van der Waals surface area (Å²) in [5.74, 6) is 1.21. The predicted octanol–water partition coefficient (Wildman–Crippen LogP) is 4.41. The number of para-hydroxylation sites is 1. The first-order chi connectivity index (χ1) is 10.4. The lowest BCUT2D eigenvalue weighted by Crippen LogP contribution is -1.90. The van der Waals surface area contributed by atoms with E-state index in [1.165, 1.54) is 6.20 Å². The van der Waals surface area contributed by atoms with Crippen molar-refractivity contribution in [1.82, 2.24) is 4.98 Å². The summed E-state index contributed by atoms with van der Waals surface area (Å²) in [7, 11) is 0. The van der Waals surface area contributed by atoms with E-state index in [0.717, 1.165) is 16.9 Å². The largest absolute Gasteiger partial charge is 0.438 e. The third kappa shape index (κ3) is 2.90. The molecule has 0 fully saturated rings. The van der Waals surface area contributed by atoms with Gasteiger partial charge in [-0.2, -0.15) is 5.26 Å². The van der Waals surface area contributed by atoms with Crippen molar-refractivity contribution < 1.29 is 4.74 Å². The van der Waals surface area contributed by atoms with Gasteiger partial charge in [0.25, 0.3) is 0 Å². The zero-order valence-electron chi connectivity index (χ0n) is 11.2. The summed E-state index contributed by atoms with van der Waals surface area (Å²) < 4.78 is 5.84. The fourth-order valence-electron chi connectivity index (χ4n) is 2.03. The summed E-state index contributed by atoms with van der Waals surface area (Å²) in [4.78, 5) is 4.13. The molecule has 0 saturated carbocycles. The lowest BCUT2D eigenvalue weighted by Gasteiger charge is -2.10. The molecule has 2 aromatic carbocycles. The third-order valence-electron chi connectivity index (χ3n) is 3.05. The van der Waals surface area contributed by atoms with Gasteiger partial charge in [-0.1, -0.05) is 48.5 Å². The quantitative estimate of drug-likeness (QED) is 0.709. The number of hydrogen-bond acceptors (Lipinski definition) is 3. The second-order valence-electron chi connectivity index (χ2n) is 4.46. The van der Waals surface area contributed by atoms with Crippen LogP contribution in [0.3, 0.4) is 0 Å². The summed E-state index contributed by atoms with van der Waals surface area (Å²) in [6.07, 6.45) is 1.50. The van der Waals surface area contributed by atoms with E-state index in [-0.39, 0.29) is 0 Å². The molecule has 0 N–H and O–H groups in total. The molecule has 0 aliphatic rings. The van der Waals surface area contributed by atoms with Crippen LogP contribution in [0.15, 0.2) is 72.9 Å². The monoisotopic (exact) mass is 272 g/mol. The molecule has 0 radical (unpaired) electrons. The average Bonchev–Trinajstić information content (AvgIpc) is 2.57. The molecule has 0 spiro atoms. The fourth-order valence-corrected chi connectivity index (χ4v) is 2.03. The molecule has 0 aliphatic heterocycles. The van der Waals surface area contributed by atoms with Crippen molar-refractivity contribution in [3.63, 3.8) is 0 Å². The Balaban J connectivity index is 1.94. The topological polar surface area (TPSA) is 45.9 Å². The number of hydrogen-bond donors (Lipinski definition) is 0. The van der Waals surface area contributed by atoms with Gasteiger partial charge in [0.1, 0.15) is 11.8 Å². The van der Waals surface area contributed by atoms with E-state index in [9.17, 15) is 0 Å². The van der Waals surface area contributed by atoms with E-state index in [0.29, 0.717) is 11.4 Å². The molecule has 1 heterocycles. The summed E-state index contributed by atoms with van der Waals surface area (Å²) in [5, 5.41) is 8.78. The van der Waals surface area contributed by atoms with Crippen molar-refractivity contribution >= 4 is 0 Å². The van der Waals surface area contributed by atoms with Crippen LogP contribution in [0.5, 0.6) is 11.6 Å². The Bertz CT molecular complexity index is 774. The van der Waals surface area contributed by atoms with Crippen molar-refractivity contribution in [2.45, 2.75) is 0 Å². The normalized spacial score (nSPS) is 9.86. The van der Waals surface area contributed by atoms with Crippen LogP contribution in [0.1, 0.15) is 5.56 Å². The van der Waals surface area contributed by atoms with Crippen molar-refractivity contribution in [1.29, 1.82) is 5.26 Å². The Hall–Kier alpha value is -3.12. The molecule has 100 valence electrons. The number of rotatable bonds is 3. The maximum atomic E-state index is 8.78. The molecule has 0 aliphatic carbocycles. The standard InChI is InChI=1S/C18H12N2O/c19-12-14-10-11-18(20-13-14)21-17-9-5-4-8-16(17)15-6-2-1-3-7-15/h1-11,13H. The van der Waals surface area contributed by atoms with Gasteiger partial charge in [0.05, 0.1) is 5.56 Å². The highest BCUT2D eigenvalue weighted by Gasteiger charge is 2.07. The van der Waals surface area contributed by atoms with E-state index in [1.54, 1.807) is 12.1 Å². The van der Waals surface area contributed by atoms with Crippen molar-refractivity contribution in [2.24, 2.45) is 0 Å². The molecule has 21 heavy (non-hydrogen) atoms. The van der Waals surface area contributed by atoms with Crippen LogP contribution in [-0.2, 0) is 0 Å². The zero-order chi connectivity index (χ0) is 14.5. The number of nitrogens with zero attached hydrogens (tertiary/aromatic N) is 2. The maximum Gasteiger partial charge on any atom is 0.219 e. The van der Waals surface area contributed by atoms with Gasteiger partial charge in [-0.05, 0) is 17.7 Å². The minimum Gasteiger partial charge on any atom is -0.438 e. The molecule has 0 atom stereocenters. The van der Waals surface area contributed by atoms with Crippen LogP contribution in [0, 0.1) is 11.3 Å². The van der Waals surface area contributed by atoms with Crippen molar-refractivity contribution in [2.75, 3.05) is 0 Å². The van der Waals surface area contributed by atoms with Crippen LogP contribution < -0.4 is 4.74 Å². The molecule has 3 nitrogen and oxygen atoms in total. The van der Waals surface area contributed by atoms with Crippen LogP contribution in [-0.4, -0.2) is 4.98 Å². The maximum absolute atomic E-state index is 8.78. The van der Waals surface area contributed by atoms with Crippen LogP contribution in [0.25, 0.3) is 11.1 Å². The van der Waals surface area contributed by atoms with E-state index < -0.39 is 0 Å². The molecular formula is C18H12N2O. The fraction of sp³-hybridized carbons (Fsp3) is 0. The van der Waals surface area contributed by atoms with Gasteiger partial charge in [-0.15, -0.1) is 0 Å². The number of benzene rings is 2. The first-order valence-electron chi connectivity index (χ1n) is 6.55. The van der Waals surface area contributed by atoms with Gasteiger partial charge < -0.3 is 4.74 Å². The Labute approximate surface area is 123 Å². The van der Waals surface area contributed by atoms with E-state index in [1.807, 2.05) is 60.7 Å². The first-order valence-corrected chi connectivity index (χ1v) is 6.55. The molecule has 0 unspecified atom stereocenters. The summed E-state index contributed by atoms with van der Waals surface area (Å²) in [5.41, 5.74) is 2.60. The second kappa shape index (κ2) is 5.89. The molecule has 3 rings (SSSR count). The molecule has 3 aromatic rings. The molecule has 0 bridgehead atoms. The molecule has 0 saturated heterocycles. The highest BCUT2D eigenvalue weighted by molar-refractivity contribution is 5.70. The van der Waals surface area contributed by atoms with Gasteiger partial charge >= 0.3 is 0 Å². The van der Waals surface area contributed by atoms with Crippen LogP contribution >= 0.6 is 0 Å². The van der Waals surface area contributed by atoms with E-state index in [4.69, 9.17) is 10.00 Å². The lowest BCUT2D eigenvalue weighted by atomic mass is 10.1. The highest BCUT2D eigenvalue weighted by atomic mass is 16.5. The SMILES string of the molecule is N#Cc1ccc(Oc2ccccc2-c2ccccc2)nc1. The van der Waals surface area contributed by atoms with Gasteiger partial charge in [0.2, 0.25) is 5.88 Å². The van der Waals surface area contributed by atoms with Gasteiger partial charge in [-0.3, -0.25) is 0 Å². The molecule has 3 heteroatoms. The smallest absolute Gasteiger partial charge is 0.219 e. The zero-order valence-corrected chi connectivity index (χ0v) is 11.2. The van der Waals surface area contributed by atoms with E-state index >= 15 is 0 Å². The number of ether oxygens (including phenoxy) is 1. The molecular weight excluding hydrogens is 260 g/mol. The Morgan fingerprint density at radius 3 is 2.33 bits per heavy atom. The highest BCUT2D eigenvalue weighted by Crippen LogP contribution is 2.32. The van der Waals surface area contributed by atoms with E-state index in [2.05, 4.69) is 4.98 Å². The number of nitriles is 1. The second-order valence-corrected chi connectivity index (χ2v) is 4.46. The molecule has 1 aromatic heterocycles. The summed E-state index contributed by atoms with van der Waals surface area (Å²) in [6, 6.07) is 23.3. The van der Waals surface area contributed by atoms with Crippen LogP contribution in [0.4, 0.5) is 0 Å². The Kier molecular flexibility index (Phi) is 3.62. The third-order valence-corrected chi connectivity index (χ3v) is 3.05. The van der Waals surface area contributed by atoms with Crippen molar-refractivity contribution in [3.05, 3.63) is 78.5 Å². The van der Waals surface area contributed by atoms with Crippen LogP contribution in [0.2, 0.25) is 0 Å². The van der Waals surface area contributed by atoms with Gasteiger partial charge in [-0.25, -0.2) is 4.98 Å². The Morgan fingerprint density at radius 1 is 0.857 bits per heavy atom. The minimum atomic E-state index is 0.470. The average molecular weight is 272 g/mol. The number of aromatic nitrogens is 1. The lowest BCUT2D eigenvalue weighted by molar-refractivity contribution is 0.464. The Morgan fingerprint density at radius 2 is 1.62 bits per heavy atom. The van der Waals surface area contributed by atoms with Gasteiger partial charge in [0.15, 0.2) is 0 Å². The molecule has 0 amide bonds. The van der Waals surface area contributed by atoms with Crippen molar-refractivity contribution in [3.8, 4) is 28.8 Å².